The minimum atomic E-state index is -0.458. The van der Waals surface area contributed by atoms with Crippen LogP contribution in [-0.2, 0) is 4.74 Å². The topological polar surface area (TPSA) is 60.7 Å². The quantitative estimate of drug-likeness (QED) is 0.270. The summed E-state index contributed by atoms with van der Waals surface area (Å²) < 4.78 is 6.91. The van der Waals surface area contributed by atoms with E-state index in [1.54, 1.807) is 35.1 Å². The van der Waals surface area contributed by atoms with Crippen LogP contribution >= 0.6 is 11.3 Å². The van der Waals surface area contributed by atoms with Crippen molar-refractivity contribution in [3.8, 4) is 10.6 Å². The van der Waals surface area contributed by atoms with Crippen LogP contribution in [0.2, 0.25) is 0 Å². The number of nitrogens with zero attached hydrogens (tertiary/aromatic N) is 2. The average molecular weight is 426 g/mol. The summed E-state index contributed by atoms with van der Waals surface area (Å²) in [4.78, 5) is 31.6. The van der Waals surface area contributed by atoms with Crippen molar-refractivity contribution < 1.29 is 14.3 Å². The Morgan fingerprint density at radius 1 is 1.00 bits per heavy atom. The Balaban J connectivity index is 1.66. The van der Waals surface area contributed by atoms with E-state index < -0.39 is 5.97 Å². The first-order valence-corrected chi connectivity index (χ1v) is 10.8. The van der Waals surface area contributed by atoms with Gasteiger partial charge in [0.15, 0.2) is 0 Å². The van der Waals surface area contributed by atoms with Gasteiger partial charge in [0.2, 0.25) is 5.78 Å². The van der Waals surface area contributed by atoms with E-state index >= 15 is 0 Å². The van der Waals surface area contributed by atoms with Gasteiger partial charge >= 0.3 is 5.97 Å². The highest BCUT2D eigenvalue weighted by atomic mass is 32.1. The molecule has 152 valence electrons. The summed E-state index contributed by atoms with van der Waals surface area (Å²) in [6, 6.07) is 20.8. The molecule has 0 aliphatic rings. The van der Waals surface area contributed by atoms with E-state index in [1.165, 1.54) is 0 Å². The van der Waals surface area contributed by atoms with E-state index in [0.717, 1.165) is 21.3 Å². The number of ether oxygens (including phenoxy) is 1. The molecular formula is C25H18N2O3S. The van der Waals surface area contributed by atoms with Gasteiger partial charge in [0.25, 0.3) is 0 Å². The summed E-state index contributed by atoms with van der Waals surface area (Å²) in [5.74, 6) is -0.636. The molecule has 5 aromatic rings. The highest BCUT2D eigenvalue weighted by Crippen LogP contribution is 2.28. The van der Waals surface area contributed by atoms with Gasteiger partial charge in [-0.2, -0.15) is 0 Å². The first kappa shape index (κ1) is 19.2. The highest BCUT2D eigenvalue weighted by molar-refractivity contribution is 7.13. The number of carbonyl (C=O) groups is 2. The summed E-state index contributed by atoms with van der Waals surface area (Å²) in [6.07, 6.45) is 1.60. The van der Waals surface area contributed by atoms with E-state index in [4.69, 9.17) is 4.74 Å². The number of hydrogen-bond acceptors (Lipinski definition) is 5. The third-order valence-electron chi connectivity index (χ3n) is 5.18. The van der Waals surface area contributed by atoms with E-state index in [9.17, 15) is 9.59 Å². The van der Waals surface area contributed by atoms with Crippen LogP contribution in [0.1, 0.15) is 33.3 Å². The molecule has 0 aliphatic carbocycles. The lowest BCUT2D eigenvalue weighted by molar-refractivity contribution is 0.0529. The van der Waals surface area contributed by atoms with Gasteiger partial charge in [-0.1, -0.05) is 42.5 Å². The monoisotopic (exact) mass is 426 g/mol. The summed E-state index contributed by atoms with van der Waals surface area (Å²) in [5.41, 5.74) is 2.62. The van der Waals surface area contributed by atoms with Crippen LogP contribution in [0.25, 0.3) is 26.9 Å². The van der Waals surface area contributed by atoms with Gasteiger partial charge in [0.1, 0.15) is 6.33 Å². The van der Waals surface area contributed by atoms with Crippen molar-refractivity contribution in [3.63, 3.8) is 0 Å². The first-order chi connectivity index (χ1) is 15.2. The fourth-order valence-corrected chi connectivity index (χ4v) is 4.38. The zero-order valence-electron chi connectivity index (χ0n) is 16.7. The predicted molar refractivity (Wildman–Crippen MR) is 122 cm³/mol. The average Bonchev–Trinajstić information content (AvgIpc) is 3.46. The van der Waals surface area contributed by atoms with Crippen molar-refractivity contribution >= 4 is 39.4 Å². The maximum Gasteiger partial charge on any atom is 0.340 e. The Morgan fingerprint density at radius 2 is 1.84 bits per heavy atom. The third-order valence-corrected chi connectivity index (χ3v) is 6.07. The van der Waals surface area contributed by atoms with Crippen molar-refractivity contribution in [1.82, 2.24) is 9.38 Å². The van der Waals surface area contributed by atoms with Crippen molar-refractivity contribution in [3.05, 3.63) is 95.3 Å². The van der Waals surface area contributed by atoms with Crippen molar-refractivity contribution in [2.45, 2.75) is 6.92 Å². The molecule has 3 aromatic heterocycles. The molecule has 6 heteroatoms. The van der Waals surface area contributed by atoms with E-state index in [-0.39, 0.29) is 12.4 Å². The molecule has 0 amide bonds. The van der Waals surface area contributed by atoms with Gasteiger partial charge in [0, 0.05) is 5.56 Å². The van der Waals surface area contributed by atoms with Gasteiger partial charge in [-0.05, 0) is 47.3 Å². The minimum absolute atomic E-state index is 0.179. The Bertz CT molecular complexity index is 1430. The second kappa shape index (κ2) is 7.81. The molecule has 0 saturated carbocycles. The van der Waals surface area contributed by atoms with Crippen LogP contribution in [-0.4, -0.2) is 27.7 Å². The minimum Gasteiger partial charge on any atom is -0.462 e. The maximum absolute atomic E-state index is 13.4. The van der Waals surface area contributed by atoms with Crippen LogP contribution < -0.4 is 0 Å². The summed E-state index contributed by atoms with van der Waals surface area (Å²) in [7, 11) is 0. The van der Waals surface area contributed by atoms with Crippen molar-refractivity contribution in [2.75, 3.05) is 6.61 Å². The third kappa shape index (κ3) is 3.41. The van der Waals surface area contributed by atoms with E-state index in [0.29, 0.717) is 22.3 Å². The number of thiophene rings is 1. The lowest BCUT2D eigenvalue weighted by Crippen LogP contribution is -2.05. The summed E-state index contributed by atoms with van der Waals surface area (Å²) in [5, 5.41) is 4.02. The molecule has 5 nitrogen and oxygen atoms in total. The SMILES string of the molecule is CCOC(=O)c1cc(C(=O)c2ccc3ccccc3c2)n2cnc(-c3cccs3)cc12. The fourth-order valence-electron chi connectivity index (χ4n) is 3.68. The molecular weight excluding hydrogens is 408 g/mol. The van der Waals surface area contributed by atoms with Gasteiger partial charge in [-0.15, -0.1) is 11.3 Å². The molecule has 0 unspecified atom stereocenters. The number of esters is 1. The largest absolute Gasteiger partial charge is 0.462 e. The Labute approximate surface area is 182 Å². The van der Waals surface area contributed by atoms with E-state index in [2.05, 4.69) is 4.98 Å². The zero-order valence-corrected chi connectivity index (χ0v) is 17.6. The van der Waals surface area contributed by atoms with Gasteiger partial charge in [-0.3, -0.25) is 9.20 Å². The smallest absolute Gasteiger partial charge is 0.340 e. The second-order valence-electron chi connectivity index (χ2n) is 7.06. The molecule has 0 N–H and O–H groups in total. The highest BCUT2D eigenvalue weighted by Gasteiger charge is 2.22. The number of rotatable bonds is 5. The van der Waals surface area contributed by atoms with Crippen LogP contribution in [0.5, 0.6) is 0 Å². The van der Waals surface area contributed by atoms with Gasteiger partial charge in [-0.25, -0.2) is 9.78 Å². The molecule has 0 aliphatic heterocycles. The molecule has 0 radical (unpaired) electrons. The van der Waals surface area contributed by atoms with Crippen molar-refractivity contribution in [2.24, 2.45) is 0 Å². The number of aromatic nitrogens is 2. The Hall–Kier alpha value is -3.77. The van der Waals surface area contributed by atoms with Crippen LogP contribution in [0.3, 0.4) is 0 Å². The maximum atomic E-state index is 13.4. The first-order valence-electron chi connectivity index (χ1n) is 9.91. The second-order valence-corrected chi connectivity index (χ2v) is 8.01. The number of ketones is 1. The summed E-state index contributed by atoms with van der Waals surface area (Å²) in [6.45, 7) is 2.02. The molecule has 5 rings (SSSR count). The molecule has 0 bridgehead atoms. The van der Waals surface area contributed by atoms with E-state index in [1.807, 2.05) is 66.0 Å². The Morgan fingerprint density at radius 3 is 2.61 bits per heavy atom. The predicted octanol–water partition coefficient (Wildman–Crippen LogP) is 5.62. The lowest BCUT2D eigenvalue weighted by Gasteiger charge is -2.05. The van der Waals surface area contributed by atoms with Crippen molar-refractivity contribution in [1.29, 1.82) is 0 Å². The molecule has 31 heavy (non-hydrogen) atoms. The molecule has 0 saturated heterocycles. The number of benzene rings is 2. The van der Waals surface area contributed by atoms with Crippen LogP contribution in [0, 0.1) is 0 Å². The fraction of sp³-hybridized carbons (Fsp3) is 0.0800. The molecule has 0 spiro atoms. The normalized spacial score (nSPS) is 11.1. The molecule has 2 aromatic carbocycles. The molecule has 0 atom stereocenters. The lowest BCUT2D eigenvalue weighted by atomic mass is 10.0. The number of carbonyl (C=O) groups excluding carboxylic acids is 2. The summed E-state index contributed by atoms with van der Waals surface area (Å²) >= 11 is 1.57. The Kier molecular flexibility index (Phi) is 4.84. The van der Waals surface area contributed by atoms with Crippen LogP contribution in [0.4, 0.5) is 0 Å². The molecule has 0 fully saturated rings. The number of hydrogen-bond donors (Lipinski definition) is 0. The van der Waals surface area contributed by atoms with Gasteiger partial charge < -0.3 is 4.74 Å². The zero-order chi connectivity index (χ0) is 21.4. The molecule has 3 heterocycles. The van der Waals surface area contributed by atoms with Crippen LogP contribution in [0.15, 0.2) is 78.4 Å². The van der Waals surface area contributed by atoms with Gasteiger partial charge in [0.05, 0.1) is 34.0 Å². The number of fused-ring (bicyclic) bond motifs is 2. The standard InChI is InChI=1S/C25H18N2O3S/c1-2-30-25(29)19-13-22(24(28)18-10-9-16-6-3-4-7-17(16)12-18)27-15-26-20(14-21(19)27)23-8-5-11-31-23/h3-15H,2H2,1H3.